The number of thiophene rings is 1. The van der Waals surface area contributed by atoms with Crippen LogP contribution in [0.3, 0.4) is 0 Å². The quantitative estimate of drug-likeness (QED) is 0.282. The second-order valence-corrected chi connectivity index (χ2v) is 16.4. The van der Waals surface area contributed by atoms with Gasteiger partial charge in [-0.05, 0) is 79.5 Å². The van der Waals surface area contributed by atoms with Crippen LogP contribution in [-0.4, -0.2) is 64.7 Å². The first kappa shape index (κ1) is 31.7. The average Bonchev–Trinajstić information content (AvgIpc) is 3.67. The molecule has 3 aliphatic heterocycles. The lowest BCUT2D eigenvalue weighted by Gasteiger charge is -2.35. The molecule has 0 aliphatic carbocycles. The highest BCUT2D eigenvalue weighted by Crippen LogP contribution is 2.59. The third-order valence-electron chi connectivity index (χ3n) is 8.70. The molecule has 2 fully saturated rings. The van der Waals surface area contributed by atoms with Crippen LogP contribution in [0, 0.1) is 0 Å². The Balaban J connectivity index is 1.19. The van der Waals surface area contributed by atoms with E-state index in [0.29, 0.717) is 54.5 Å². The molecular weight excluding hydrogens is 651 g/mol. The van der Waals surface area contributed by atoms with E-state index in [2.05, 4.69) is 10.6 Å². The summed E-state index contributed by atoms with van der Waals surface area (Å²) in [5.41, 5.74) is -4.20. The van der Waals surface area contributed by atoms with Crippen LogP contribution >= 0.6 is 18.9 Å². The van der Waals surface area contributed by atoms with Crippen molar-refractivity contribution < 1.29 is 45.9 Å². The Hall–Kier alpha value is -3.23. The van der Waals surface area contributed by atoms with E-state index in [-0.39, 0.29) is 27.0 Å². The summed E-state index contributed by atoms with van der Waals surface area (Å²) in [7, 11) is -9.08. The van der Waals surface area contributed by atoms with Gasteiger partial charge in [-0.25, -0.2) is 8.42 Å². The fourth-order valence-electron chi connectivity index (χ4n) is 6.40. The number of halogens is 2. The Morgan fingerprint density at radius 3 is 2.53 bits per heavy atom. The van der Waals surface area contributed by atoms with Crippen LogP contribution in [0.5, 0.6) is 0 Å². The lowest BCUT2D eigenvalue weighted by Crippen LogP contribution is -2.55. The maximum absolute atomic E-state index is 14.2. The molecule has 2 saturated heterocycles. The number of nitrogens with zero attached hydrogens (tertiary/aromatic N) is 1. The smallest absolute Gasteiger partial charge is 0.340 e. The molecule has 240 valence electrons. The number of hydrogen-bond donors (Lipinski definition) is 4. The van der Waals surface area contributed by atoms with Crippen molar-refractivity contribution in [2.45, 2.75) is 73.6 Å². The summed E-state index contributed by atoms with van der Waals surface area (Å²) in [5, 5.41) is 5.79. The summed E-state index contributed by atoms with van der Waals surface area (Å²) >= 11 is 0.988. The highest BCUT2D eigenvalue weighted by Gasteiger charge is 2.50. The molecule has 6 rings (SSSR count). The van der Waals surface area contributed by atoms with Crippen LogP contribution in [0.25, 0.3) is 10.1 Å². The highest BCUT2D eigenvalue weighted by molar-refractivity contribution is 7.91. The van der Waals surface area contributed by atoms with Crippen LogP contribution in [0.2, 0.25) is 0 Å². The first-order valence-corrected chi connectivity index (χ1v) is 18.5. The summed E-state index contributed by atoms with van der Waals surface area (Å²) < 4.78 is 64.6. The van der Waals surface area contributed by atoms with Gasteiger partial charge in [0.15, 0.2) is 9.84 Å². The molecular formula is C29H30F2N3O8PS2. The summed E-state index contributed by atoms with van der Waals surface area (Å²) in [5.74, 6) is -1.38. The van der Waals surface area contributed by atoms with Gasteiger partial charge in [-0.2, -0.15) is 8.78 Å². The Morgan fingerprint density at radius 2 is 1.78 bits per heavy atom. The minimum Gasteiger partial charge on any atom is -0.340 e. The summed E-state index contributed by atoms with van der Waals surface area (Å²) in [6.45, 7) is 0. The Labute approximate surface area is 261 Å². The van der Waals surface area contributed by atoms with Gasteiger partial charge in [0.1, 0.15) is 12.1 Å². The first-order chi connectivity index (χ1) is 21.2. The number of carbonyl (C=O) groups excluding carboxylic acids is 3. The van der Waals surface area contributed by atoms with Gasteiger partial charge in [-0.15, -0.1) is 11.3 Å². The van der Waals surface area contributed by atoms with Crippen LogP contribution in [0.1, 0.15) is 59.3 Å². The molecule has 0 saturated carbocycles. The number of hydrogen-bond acceptors (Lipinski definition) is 7. The minimum absolute atomic E-state index is 0.0223. The Bertz CT molecular complexity index is 1880. The van der Waals surface area contributed by atoms with Crippen molar-refractivity contribution in [3.63, 3.8) is 0 Å². The highest BCUT2D eigenvalue weighted by atomic mass is 32.2. The van der Waals surface area contributed by atoms with E-state index < -0.39 is 58.5 Å². The molecule has 3 atom stereocenters. The zero-order chi connectivity index (χ0) is 32.3. The Morgan fingerprint density at radius 1 is 1.02 bits per heavy atom. The maximum atomic E-state index is 14.2. The van der Waals surface area contributed by atoms with Crippen LogP contribution in [0.15, 0.2) is 47.4 Å². The summed E-state index contributed by atoms with van der Waals surface area (Å²) in [4.78, 5) is 60.7. The van der Waals surface area contributed by atoms with Crippen LogP contribution in [-0.2, 0) is 36.1 Å². The first-order valence-electron chi connectivity index (χ1n) is 14.4. The van der Waals surface area contributed by atoms with E-state index in [9.17, 15) is 36.1 Å². The molecule has 16 heteroatoms. The molecule has 4 N–H and O–H groups in total. The van der Waals surface area contributed by atoms with Crippen molar-refractivity contribution in [3.8, 4) is 0 Å². The summed E-state index contributed by atoms with van der Waals surface area (Å²) in [6.07, 6.45) is 3.91. The molecule has 3 aromatic rings. The van der Waals surface area contributed by atoms with Crippen molar-refractivity contribution in [1.82, 2.24) is 10.2 Å². The van der Waals surface area contributed by atoms with E-state index in [4.69, 9.17) is 9.79 Å². The van der Waals surface area contributed by atoms with Gasteiger partial charge in [-0.1, -0.05) is 18.9 Å². The van der Waals surface area contributed by atoms with Crippen molar-refractivity contribution in [3.05, 3.63) is 58.5 Å². The molecule has 3 amide bonds. The number of anilines is 1. The lowest BCUT2D eigenvalue weighted by atomic mass is 9.99. The van der Waals surface area contributed by atoms with Crippen molar-refractivity contribution in [2.75, 3.05) is 11.1 Å². The second kappa shape index (κ2) is 11.5. The fraction of sp³-hybridized carbons (Fsp3) is 0.414. The third-order valence-corrected chi connectivity index (χ3v) is 12.6. The predicted molar refractivity (Wildman–Crippen MR) is 162 cm³/mol. The largest absolute Gasteiger partial charge is 0.399 e. The van der Waals surface area contributed by atoms with Crippen molar-refractivity contribution >= 4 is 62.3 Å². The fourth-order valence-corrected chi connectivity index (χ4v) is 9.36. The summed E-state index contributed by atoms with van der Waals surface area (Å²) in [6, 6.07) is 7.19. The predicted octanol–water partition coefficient (Wildman–Crippen LogP) is 4.13. The number of benzene rings is 2. The number of aryl methyl sites for hydroxylation is 1. The monoisotopic (exact) mass is 681 g/mol. The zero-order valence-electron chi connectivity index (χ0n) is 23.7. The molecule has 4 heterocycles. The van der Waals surface area contributed by atoms with Gasteiger partial charge < -0.3 is 25.3 Å². The normalized spacial score (nSPS) is 23.2. The number of sulfone groups is 1. The van der Waals surface area contributed by atoms with E-state index in [1.54, 1.807) is 11.0 Å². The Kier molecular flexibility index (Phi) is 8.14. The van der Waals surface area contributed by atoms with E-state index in [0.717, 1.165) is 29.9 Å². The lowest BCUT2D eigenvalue weighted by molar-refractivity contribution is -0.141. The van der Waals surface area contributed by atoms with Gasteiger partial charge in [0, 0.05) is 22.0 Å². The molecule has 0 bridgehead atoms. The second-order valence-electron chi connectivity index (χ2n) is 11.6. The van der Waals surface area contributed by atoms with Crippen LogP contribution in [0.4, 0.5) is 14.5 Å². The molecule has 2 aromatic carbocycles. The van der Waals surface area contributed by atoms with E-state index >= 15 is 0 Å². The number of nitrogens with one attached hydrogen (secondary N) is 2. The molecule has 45 heavy (non-hydrogen) atoms. The molecule has 11 nitrogen and oxygen atoms in total. The topological polar surface area (TPSA) is 170 Å². The standard InChI is InChI=1S/C29H30F2N3O8PS2/c30-29(31,43(38,39)40)18-5-9-23-17(13-18)15-24(44-23)27(36)33-21-4-2-1-3-20-7-8-22(34(20)28(21)37)26(35)32-19-6-10-25-16(14-19)11-12-45(25,41)42/h5-6,9-10,13-15,20-22H,1-4,7-8,11-12H2,(H,32,35)(H,33,36)(H2,38,39,40)/t20?,21-,22-/m0/s1. The van der Waals surface area contributed by atoms with Gasteiger partial charge in [0.2, 0.25) is 11.8 Å². The molecule has 3 aliphatic rings. The SMILES string of the molecule is O=C(N[C@H]1CCCCC2CC[C@@H](C(=O)Nc3ccc4c(c3)CCS4(=O)=O)N2C1=O)c1cc2cc(C(F)(F)P(=O)(O)O)ccc2s1. The van der Waals surface area contributed by atoms with Gasteiger partial charge >= 0.3 is 13.3 Å². The number of alkyl halides is 2. The van der Waals surface area contributed by atoms with Crippen molar-refractivity contribution in [1.29, 1.82) is 0 Å². The number of rotatable bonds is 6. The zero-order valence-corrected chi connectivity index (χ0v) is 26.3. The third kappa shape index (κ3) is 5.92. The molecule has 0 spiro atoms. The number of amides is 3. The van der Waals surface area contributed by atoms with E-state index in [1.807, 2.05) is 0 Å². The van der Waals surface area contributed by atoms with Crippen LogP contribution < -0.4 is 10.6 Å². The average molecular weight is 682 g/mol. The molecule has 1 aromatic heterocycles. The minimum atomic E-state index is -5.77. The van der Waals surface area contributed by atoms with Gasteiger partial charge in [0.05, 0.1) is 15.5 Å². The van der Waals surface area contributed by atoms with Gasteiger partial charge in [-0.3, -0.25) is 18.9 Å². The van der Waals surface area contributed by atoms with Crippen molar-refractivity contribution in [2.24, 2.45) is 0 Å². The number of carbonyl (C=O) groups is 3. The van der Waals surface area contributed by atoms with E-state index in [1.165, 1.54) is 24.3 Å². The molecule has 1 unspecified atom stereocenters. The number of fused-ring (bicyclic) bond motifs is 3. The van der Waals surface area contributed by atoms with Gasteiger partial charge in [0.25, 0.3) is 5.91 Å². The molecule has 0 radical (unpaired) electrons. The maximum Gasteiger partial charge on any atom is 0.399 e.